The van der Waals surface area contributed by atoms with Crippen LogP contribution in [0.2, 0.25) is 0 Å². The molecule has 0 aliphatic carbocycles. The van der Waals surface area contributed by atoms with Gasteiger partial charge in [-0.25, -0.2) is 0 Å². The van der Waals surface area contributed by atoms with Gasteiger partial charge < -0.3 is 35.1 Å². The molecule has 5 heteroatoms. The minimum atomic E-state index is 0. The fourth-order valence-electron chi connectivity index (χ4n) is 1.95. The van der Waals surface area contributed by atoms with Crippen LogP contribution in [0, 0.1) is 0 Å². The zero-order valence-electron chi connectivity index (χ0n) is 14.5. The topological polar surface area (TPSA) is 6.48 Å². The largest absolute Gasteiger partial charge is 2.00 e. The summed E-state index contributed by atoms with van der Waals surface area (Å²) in [6, 6.07) is 16.1. The molecule has 0 unspecified atom stereocenters. The van der Waals surface area contributed by atoms with Gasteiger partial charge in [0, 0.05) is 13.1 Å². The van der Waals surface area contributed by atoms with Crippen molar-refractivity contribution >= 4 is 48.3 Å². The van der Waals surface area contributed by atoms with Gasteiger partial charge in [0.25, 0.3) is 0 Å². The van der Waals surface area contributed by atoms with Gasteiger partial charge in [0.1, 0.15) is 0 Å². The summed E-state index contributed by atoms with van der Waals surface area (Å²) in [7, 11) is 8.17. The molecule has 0 saturated carbocycles. The van der Waals surface area contributed by atoms with Crippen LogP contribution in [0.3, 0.4) is 0 Å². The molecule has 2 aromatic carbocycles. The van der Waals surface area contributed by atoms with Crippen molar-refractivity contribution in [3.05, 3.63) is 59.7 Å². The monoisotopic (exact) mass is 356 g/mol. The molecule has 0 saturated heterocycles. The van der Waals surface area contributed by atoms with E-state index in [2.05, 4.69) is 21.9 Å². The summed E-state index contributed by atoms with van der Waals surface area (Å²) in [5.74, 6) is 0. The number of hydrogen-bond acceptors (Lipinski definition) is 4. The van der Waals surface area contributed by atoms with Crippen molar-refractivity contribution in [2.45, 2.75) is 22.9 Å². The van der Waals surface area contributed by atoms with Crippen LogP contribution in [0.25, 0.3) is 0 Å². The van der Waals surface area contributed by atoms with Gasteiger partial charge >= 0.3 is 23.1 Å². The van der Waals surface area contributed by atoms with Gasteiger partial charge in [0.05, 0.1) is 0 Å². The summed E-state index contributed by atoms with van der Waals surface area (Å²) in [5, 5.41) is 0. The molecule has 0 aromatic heterocycles. The fourth-order valence-corrected chi connectivity index (χ4v) is 2.37. The SMILES string of the molecule is CN(C)Cc1ccccc1[S-].CN(C)Cc1ccccc1[S-].[Mg+2]. The van der Waals surface area contributed by atoms with Crippen LogP contribution < -0.4 is 0 Å². The first-order valence-corrected chi connectivity index (χ1v) is 8.01. The summed E-state index contributed by atoms with van der Waals surface area (Å²) in [6.45, 7) is 1.86. The maximum Gasteiger partial charge on any atom is 2.00 e. The fraction of sp³-hybridized carbons (Fsp3) is 0.333. The molecule has 0 amide bonds. The van der Waals surface area contributed by atoms with Crippen molar-refractivity contribution in [2.75, 3.05) is 28.2 Å². The van der Waals surface area contributed by atoms with Crippen LogP contribution in [0.15, 0.2) is 58.3 Å². The molecule has 2 nitrogen and oxygen atoms in total. The average Bonchev–Trinajstić information content (AvgIpc) is 2.44. The minimum Gasteiger partial charge on any atom is -0.779 e. The standard InChI is InChI=1S/2C9H13NS.Mg/c2*1-10(2)7-8-5-3-4-6-9(8)11;/h2*3-6,11H,7H2,1-2H3;/q;;+2/p-2. The van der Waals surface area contributed by atoms with Crippen molar-refractivity contribution in [3.8, 4) is 0 Å². The van der Waals surface area contributed by atoms with E-state index in [-0.39, 0.29) is 23.1 Å². The first kappa shape index (κ1) is 22.6. The maximum atomic E-state index is 5.14. The van der Waals surface area contributed by atoms with E-state index in [1.165, 1.54) is 11.1 Å². The molecule has 0 spiro atoms. The van der Waals surface area contributed by atoms with E-state index < -0.39 is 0 Å². The Balaban J connectivity index is 0.000000403. The summed E-state index contributed by atoms with van der Waals surface area (Å²) in [5.41, 5.74) is 2.46. The van der Waals surface area contributed by atoms with E-state index in [1.807, 2.05) is 64.6 Å². The number of benzene rings is 2. The molecule has 120 valence electrons. The van der Waals surface area contributed by atoms with Crippen LogP contribution in [0.1, 0.15) is 11.1 Å². The normalized spacial score (nSPS) is 10.0. The van der Waals surface area contributed by atoms with E-state index in [4.69, 9.17) is 25.3 Å². The van der Waals surface area contributed by atoms with Gasteiger partial charge in [-0.2, -0.15) is 9.79 Å². The molecule has 0 aliphatic heterocycles. The molecule has 0 heterocycles. The van der Waals surface area contributed by atoms with Crippen molar-refractivity contribution in [2.24, 2.45) is 0 Å². The van der Waals surface area contributed by atoms with E-state index in [0.717, 1.165) is 22.9 Å². The molecule has 0 aliphatic rings. The summed E-state index contributed by atoms with van der Waals surface area (Å²) in [4.78, 5) is 6.15. The zero-order chi connectivity index (χ0) is 16.5. The van der Waals surface area contributed by atoms with Crippen LogP contribution in [0.4, 0.5) is 0 Å². The average molecular weight is 357 g/mol. The van der Waals surface area contributed by atoms with Crippen LogP contribution in [0.5, 0.6) is 0 Å². The van der Waals surface area contributed by atoms with E-state index in [0.29, 0.717) is 0 Å². The van der Waals surface area contributed by atoms with Crippen LogP contribution in [-0.4, -0.2) is 61.0 Å². The molecule has 0 bridgehead atoms. The van der Waals surface area contributed by atoms with Gasteiger partial charge in [-0.05, 0) is 28.2 Å². The third kappa shape index (κ3) is 9.44. The molecule has 2 aromatic rings. The zero-order valence-corrected chi connectivity index (χ0v) is 17.5. The maximum absolute atomic E-state index is 5.14. The molecular weight excluding hydrogens is 333 g/mol. The van der Waals surface area contributed by atoms with Gasteiger partial charge in [0.2, 0.25) is 0 Å². The van der Waals surface area contributed by atoms with Crippen molar-refractivity contribution in [1.29, 1.82) is 0 Å². The van der Waals surface area contributed by atoms with Crippen LogP contribution >= 0.6 is 0 Å². The Labute approximate surface area is 168 Å². The van der Waals surface area contributed by atoms with E-state index in [1.54, 1.807) is 0 Å². The Bertz CT molecular complexity index is 523. The molecule has 0 radical (unpaired) electrons. The molecule has 23 heavy (non-hydrogen) atoms. The predicted octanol–water partition coefficient (Wildman–Crippen LogP) is 2.93. The molecule has 0 N–H and O–H groups in total. The number of nitrogens with zero attached hydrogens (tertiary/aromatic N) is 2. The van der Waals surface area contributed by atoms with Crippen molar-refractivity contribution < 1.29 is 0 Å². The van der Waals surface area contributed by atoms with Crippen molar-refractivity contribution in [3.63, 3.8) is 0 Å². The van der Waals surface area contributed by atoms with Gasteiger partial charge in [-0.15, -0.1) is 0 Å². The summed E-state index contributed by atoms with van der Waals surface area (Å²) >= 11 is 10.3. The van der Waals surface area contributed by atoms with Crippen LogP contribution in [-0.2, 0) is 38.3 Å². The Morgan fingerprint density at radius 3 is 1.22 bits per heavy atom. The second kappa shape index (κ2) is 12.0. The van der Waals surface area contributed by atoms with Gasteiger partial charge in [0.15, 0.2) is 0 Å². The summed E-state index contributed by atoms with van der Waals surface area (Å²) < 4.78 is 0. The first-order valence-electron chi connectivity index (χ1n) is 7.19. The number of rotatable bonds is 4. The first-order chi connectivity index (χ1) is 10.4. The Morgan fingerprint density at radius 1 is 0.652 bits per heavy atom. The Morgan fingerprint density at radius 2 is 0.957 bits per heavy atom. The minimum absolute atomic E-state index is 0. The molecule has 2 rings (SSSR count). The molecule has 0 fully saturated rings. The van der Waals surface area contributed by atoms with Gasteiger partial charge in [-0.3, -0.25) is 0 Å². The number of hydrogen-bond donors (Lipinski definition) is 0. The van der Waals surface area contributed by atoms with E-state index >= 15 is 0 Å². The quantitative estimate of drug-likeness (QED) is 0.613. The smallest absolute Gasteiger partial charge is 0.779 e. The Hall–Kier alpha value is -0.434. The molecular formula is C18H24MgN2S2. The third-order valence-corrected chi connectivity index (χ3v) is 3.71. The summed E-state index contributed by atoms with van der Waals surface area (Å²) in [6.07, 6.45) is 0. The van der Waals surface area contributed by atoms with E-state index in [9.17, 15) is 0 Å². The second-order valence-electron chi connectivity index (χ2n) is 5.69. The second-order valence-corrected chi connectivity index (χ2v) is 6.57. The Kier molecular flexibility index (Phi) is 11.8. The van der Waals surface area contributed by atoms with Crippen molar-refractivity contribution in [1.82, 2.24) is 9.80 Å². The third-order valence-electron chi connectivity index (χ3n) is 2.92. The van der Waals surface area contributed by atoms with Gasteiger partial charge in [-0.1, -0.05) is 59.7 Å². The molecule has 0 atom stereocenters. The predicted molar refractivity (Wildman–Crippen MR) is 105 cm³/mol.